The summed E-state index contributed by atoms with van der Waals surface area (Å²) in [7, 11) is 0. The van der Waals surface area contributed by atoms with E-state index in [0.29, 0.717) is 28.3 Å². The maximum Gasteiger partial charge on any atom is 0.275 e. The zero-order chi connectivity index (χ0) is 15.8. The Morgan fingerprint density at radius 2 is 2.30 bits per heavy atom. The van der Waals surface area contributed by atoms with E-state index >= 15 is 0 Å². The highest BCUT2D eigenvalue weighted by atomic mass is 32.1. The number of ether oxygens (including phenoxy) is 1. The highest BCUT2D eigenvalue weighted by Gasteiger charge is 2.19. The summed E-state index contributed by atoms with van der Waals surface area (Å²) in [5.74, 6) is 1.36. The molecule has 1 N–H and O–H groups in total. The topological polar surface area (TPSA) is 68.5 Å². The van der Waals surface area contributed by atoms with Crippen LogP contribution in [0.2, 0.25) is 0 Å². The van der Waals surface area contributed by atoms with E-state index in [1.54, 1.807) is 0 Å². The first-order valence-corrected chi connectivity index (χ1v) is 8.33. The van der Waals surface area contributed by atoms with Crippen molar-refractivity contribution in [2.24, 2.45) is 5.92 Å². The van der Waals surface area contributed by atoms with Crippen LogP contribution in [0.1, 0.15) is 11.3 Å². The summed E-state index contributed by atoms with van der Waals surface area (Å²) < 4.78 is 7.13. The van der Waals surface area contributed by atoms with Crippen molar-refractivity contribution in [2.75, 3.05) is 18.5 Å². The molecule has 118 valence electrons. The Balaban J connectivity index is 1.48. The SMILES string of the molecule is Cc1cc(=O)n2nc(NC[C@H]3COc4ccccc4C3)sc2n1. The molecule has 0 bridgehead atoms. The van der Waals surface area contributed by atoms with Gasteiger partial charge in [-0.15, -0.1) is 5.10 Å². The second-order valence-electron chi connectivity index (χ2n) is 5.71. The summed E-state index contributed by atoms with van der Waals surface area (Å²) in [5, 5.41) is 8.31. The lowest BCUT2D eigenvalue weighted by molar-refractivity contribution is 0.229. The molecule has 23 heavy (non-hydrogen) atoms. The third-order valence-corrected chi connectivity index (χ3v) is 4.74. The second kappa shape index (κ2) is 5.66. The minimum absolute atomic E-state index is 0.147. The number of aromatic nitrogens is 3. The minimum atomic E-state index is -0.147. The van der Waals surface area contributed by atoms with Crippen molar-refractivity contribution < 1.29 is 4.74 Å². The third-order valence-electron chi connectivity index (χ3n) is 3.87. The van der Waals surface area contributed by atoms with E-state index in [1.807, 2.05) is 25.1 Å². The van der Waals surface area contributed by atoms with Crippen LogP contribution in [0.3, 0.4) is 0 Å². The lowest BCUT2D eigenvalue weighted by Gasteiger charge is -2.25. The van der Waals surface area contributed by atoms with E-state index in [-0.39, 0.29) is 5.56 Å². The molecule has 3 aromatic rings. The van der Waals surface area contributed by atoms with Crippen molar-refractivity contribution in [3.05, 3.63) is 51.9 Å². The third kappa shape index (κ3) is 2.79. The molecule has 0 amide bonds. The molecule has 7 heteroatoms. The van der Waals surface area contributed by atoms with Crippen molar-refractivity contribution in [1.82, 2.24) is 14.6 Å². The van der Waals surface area contributed by atoms with Crippen LogP contribution < -0.4 is 15.6 Å². The summed E-state index contributed by atoms with van der Waals surface area (Å²) in [5.41, 5.74) is 1.80. The molecule has 4 rings (SSSR count). The van der Waals surface area contributed by atoms with Gasteiger partial charge in [0.15, 0.2) is 0 Å². The molecule has 0 saturated heterocycles. The van der Waals surface area contributed by atoms with Gasteiger partial charge in [0.05, 0.1) is 6.61 Å². The number of aryl methyl sites for hydroxylation is 1. The summed E-state index contributed by atoms with van der Waals surface area (Å²) >= 11 is 1.39. The van der Waals surface area contributed by atoms with Gasteiger partial charge in [-0.05, 0) is 25.0 Å². The van der Waals surface area contributed by atoms with Crippen LogP contribution in [-0.4, -0.2) is 27.7 Å². The fraction of sp³-hybridized carbons (Fsp3) is 0.312. The largest absolute Gasteiger partial charge is 0.493 e. The number of rotatable bonds is 3. The fourth-order valence-corrected chi connectivity index (χ4v) is 3.60. The highest BCUT2D eigenvalue weighted by Crippen LogP contribution is 2.27. The Morgan fingerprint density at radius 3 is 3.22 bits per heavy atom. The predicted octanol–water partition coefficient (Wildman–Crippen LogP) is 2.12. The molecule has 0 radical (unpaired) electrons. The molecule has 6 nitrogen and oxygen atoms in total. The molecule has 0 aliphatic carbocycles. The summed E-state index contributed by atoms with van der Waals surface area (Å²) in [6.45, 7) is 3.25. The van der Waals surface area contributed by atoms with E-state index < -0.39 is 0 Å². The number of nitrogens with zero attached hydrogens (tertiary/aromatic N) is 3. The van der Waals surface area contributed by atoms with Gasteiger partial charge < -0.3 is 10.1 Å². The van der Waals surface area contributed by atoms with Crippen molar-refractivity contribution >= 4 is 21.4 Å². The Hall–Kier alpha value is -2.41. The molecule has 0 fully saturated rings. The van der Waals surface area contributed by atoms with Crippen molar-refractivity contribution in [2.45, 2.75) is 13.3 Å². The Kier molecular flexibility index (Phi) is 3.49. The number of para-hydroxylation sites is 1. The quantitative estimate of drug-likeness (QED) is 0.797. The molecule has 1 aromatic carbocycles. The lowest BCUT2D eigenvalue weighted by Crippen LogP contribution is -2.27. The standard InChI is InChI=1S/C16H16N4O2S/c1-10-6-14(21)20-16(18-10)23-15(19-20)17-8-11-7-12-4-2-3-5-13(12)22-9-11/h2-6,11H,7-9H2,1H3,(H,17,19)/t11-/m0/s1. The first-order valence-electron chi connectivity index (χ1n) is 7.51. The smallest absolute Gasteiger partial charge is 0.275 e. The van der Waals surface area contributed by atoms with Gasteiger partial charge in [0.25, 0.3) is 5.56 Å². The highest BCUT2D eigenvalue weighted by molar-refractivity contribution is 7.20. The van der Waals surface area contributed by atoms with E-state index in [1.165, 1.54) is 27.5 Å². The average molecular weight is 328 g/mol. The zero-order valence-electron chi connectivity index (χ0n) is 12.7. The Labute approximate surface area is 136 Å². The molecule has 2 aromatic heterocycles. The summed E-state index contributed by atoms with van der Waals surface area (Å²) in [4.78, 5) is 16.8. The fourth-order valence-electron chi connectivity index (χ4n) is 2.75. The molecule has 0 spiro atoms. The van der Waals surface area contributed by atoms with Crippen LogP contribution in [0.5, 0.6) is 5.75 Å². The van der Waals surface area contributed by atoms with Gasteiger partial charge in [-0.3, -0.25) is 4.79 Å². The van der Waals surface area contributed by atoms with Crippen LogP contribution >= 0.6 is 11.3 Å². The van der Waals surface area contributed by atoms with E-state index in [0.717, 1.165) is 18.7 Å². The van der Waals surface area contributed by atoms with Gasteiger partial charge in [-0.25, -0.2) is 4.98 Å². The molecule has 0 unspecified atom stereocenters. The van der Waals surface area contributed by atoms with Gasteiger partial charge in [-0.1, -0.05) is 29.5 Å². The molecular formula is C16H16N4O2S. The number of nitrogens with one attached hydrogen (secondary N) is 1. The number of hydrogen-bond acceptors (Lipinski definition) is 6. The first-order chi connectivity index (χ1) is 11.2. The normalized spacial score (nSPS) is 16.8. The van der Waals surface area contributed by atoms with Crippen molar-refractivity contribution in [1.29, 1.82) is 0 Å². The van der Waals surface area contributed by atoms with Crippen LogP contribution in [-0.2, 0) is 6.42 Å². The van der Waals surface area contributed by atoms with Crippen LogP contribution in [0.15, 0.2) is 35.1 Å². The average Bonchev–Trinajstić information content (AvgIpc) is 2.96. The van der Waals surface area contributed by atoms with Gasteiger partial charge in [0, 0.05) is 24.2 Å². The number of benzene rings is 1. The van der Waals surface area contributed by atoms with E-state index in [4.69, 9.17) is 4.74 Å². The van der Waals surface area contributed by atoms with E-state index in [9.17, 15) is 4.79 Å². The van der Waals surface area contributed by atoms with Crippen LogP contribution in [0.25, 0.3) is 4.96 Å². The van der Waals surface area contributed by atoms with Crippen molar-refractivity contribution in [3.8, 4) is 5.75 Å². The molecule has 1 aliphatic heterocycles. The van der Waals surface area contributed by atoms with Gasteiger partial charge >= 0.3 is 0 Å². The maximum absolute atomic E-state index is 11.9. The minimum Gasteiger partial charge on any atom is -0.493 e. The molecule has 1 atom stereocenters. The summed E-state index contributed by atoms with van der Waals surface area (Å²) in [6.07, 6.45) is 0.978. The number of anilines is 1. The second-order valence-corrected chi connectivity index (χ2v) is 6.66. The Morgan fingerprint density at radius 1 is 1.43 bits per heavy atom. The number of hydrogen-bond donors (Lipinski definition) is 1. The van der Waals surface area contributed by atoms with Gasteiger partial charge in [0.1, 0.15) is 5.75 Å². The summed E-state index contributed by atoms with van der Waals surface area (Å²) in [6, 6.07) is 9.62. The van der Waals surface area contributed by atoms with E-state index in [2.05, 4.69) is 21.5 Å². The molecule has 3 heterocycles. The molecular weight excluding hydrogens is 312 g/mol. The van der Waals surface area contributed by atoms with Crippen molar-refractivity contribution in [3.63, 3.8) is 0 Å². The van der Waals surface area contributed by atoms with Crippen LogP contribution in [0, 0.1) is 12.8 Å². The van der Waals surface area contributed by atoms with Crippen LogP contribution in [0.4, 0.5) is 5.13 Å². The van der Waals surface area contributed by atoms with Gasteiger partial charge in [-0.2, -0.15) is 4.52 Å². The van der Waals surface area contributed by atoms with Gasteiger partial charge in [0.2, 0.25) is 10.1 Å². The Bertz CT molecular complexity index is 918. The molecule has 1 aliphatic rings. The lowest BCUT2D eigenvalue weighted by atomic mass is 9.97. The zero-order valence-corrected chi connectivity index (χ0v) is 13.5. The number of fused-ring (bicyclic) bond motifs is 2. The monoisotopic (exact) mass is 328 g/mol. The first kappa shape index (κ1) is 14.2. The predicted molar refractivity (Wildman–Crippen MR) is 89.5 cm³/mol. The molecule has 0 saturated carbocycles. The maximum atomic E-state index is 11.9.